The summed E-state index contributed by atoms with van der Waals surface area (Å²) >= 11 is 0. The second kappa shape index (κ2) is 20.1. The van der Waals surface area contributed by atoms with Crippen LogP contribution in [0.25, 0.3) is 95.8 Å². The minimum Gasteiger partial charge on any atom is -0.308 e. The van der Waals surface area contributed by atoms with Gasteiger partial charge in [0.2, 0.25) is 0 Å². The van der Waals surface area contributed by atoms with E-state index >= 15 is 0 Å². The van der Waals surface area contributed by atoms with Gasteiger partial charge in [0.25, 0.3) is 0 Å². The summed E-state index contributed by atoms with van der Waals surface area (Å²) in [4.78, 5) is 32.5. The fourth-order valence-corrected chi connectivity index (χ4v) is 11.0. The van der Waals surface area contributed by atoms with Crippen LogP contribution in [0.3, 0.4) is 0 Å². The molecule has 0 fully saturated rings. The molecule has 3 aromatic heterocycles. The molecule has 0 spiro atoms. The van der Waals surface area contributed by atoms with Gasteiger partial charge in [-0.05, 0) is 108 Å². The molecule has 81 heavy (non-hydrogen) atoms. The Kier molecular flexibility index (Phi) is 14.0. The number of nitriles is 1. The fraction of sp³-hybridized carbons (Fsp3) is 0.329. The molecule has 8 heteroatoms. The van der Waals surface area contributed by atoms with Gasteiger partial charge in [0, 0.05) is 44.2 Å². The SMILES string of the molecule is CC(C)(C)c1cc(C(C)(C)C)c(-c2nc(-c3ccc4c(c3)c3ccccc3n4-c3ccc(C#N)cc3-c3nc(-c4ccccc4)nc(-c4ccccc4)n3)nc(-c3c(C(C)(C)C)cc(C(C)(C)C)cc3C(C)(C)C)n2)c(C(C)(C)C)c1. The molecule has 0 saturated heterocycles. The van der Waals surface area contributed by atoms with Crippen LogP contribution in [-0.2, 0) is 32.5 Å². The van der Waals surface area contributed by atoms with Crippen molar-refractivity contribution in [2.24, 2.45) is 0 Å². The molecule has 0 unspecified atom stereocenters. The Morgan fingerprint density at radius 1 is 0.333 bits per heavy atom. The molecule has 7 aromatic carbocycles. The van der Waals surface area contributed by atoms with Gasteiger partial charge < -0.3 is 4.57 Å². The average molecular weight is 1070 g/mol. The van der Waals surface area contributed by atoms with Crippen molar-refractivity contribution in [3.8, 4) is 80.1 Å². The standard InChI is InChI=1S/C73H78N8/c1-68(2,3)48-39-53(70(7,8)9)60(54(40-48)71(10,11)12)66-78-64(79-67(80-66)61-55(72(13,14)15)41-49(69(4,5)6)42-56(61)73(16,17)18)47-34-36-58-51(38-47)50-31-25-26-32-57(50)81(58)59-35-33-44(43-74)37-52(59)65-76-62(45-27-21-19-22-28-45)75-63(77-65)46-29-23-20-24-30-46/h19-42H,1-18H3. The minimum atomic E-state index is -0.260. The molecule has 0 N–H and O–H groups in total. The van der Waals surface area contributed by atoms with E-state index in [1.54, 1.807) is 0 Å². The van der Waals surface area contributed by atoms with E-state index in [1.807, 2.05) is 78.9 Å². The third kappa shape index (κ3) is 11.0. The maximum atomic E-state index is 10.4. The molecule has 10 aromatic rings. The Bertz CT molecular complexity index is 3860. The van der Waals surface area contributed by atoms with Crippen LogP contribution in [0.4, 0.5) is 0 Å². The summed E-state index contributed by atoms with van der Waals surface area (Å²) < 4.78 is 2.27. The summed E-state index contributed by atoms with van der Waals surface area (Å²) in [5, 5.41) is 12.5. The highest BCUT2D eigenvalue weighted by molar-refractivity contribution is 6.11. The quantitative estimate of drug-likeness (QED) is 0.156. The first-order valence-corrected chi connectivity index (χ1v) is 28.5. The fourth-order valence-electron chi connectivity index (χ4n) is 11.0. The zero-order chi connectivity index (χ0) is 58.4. The third-order valence-electron chi connectivity index (χ3n) is 15.6. The number of hydrogen-bond acceptors (Lipinski definition) is 7. The molecular weight excluding hydrogens is 989 g/mol. The molecule has 0 aliphatic carbocycles. The number of benzene rings is 7. The summed E-state index contributed by atoms with van der Waals surface area (Å²) in [6, 6.07) is 52.9. The maximum Gasteiger partial charge on any atom is 0.166 e. The van der Waals surface area contributed by atoms with Gasteiger partial charge in [-0.2, -0.15) is 5.26 Å². The van der Waals surface area contributed by atoms with Crippen molar-refractivity contribution in [1.82, 2.24) is 34.5 Å². The maximum absolute atomic E-state index is 10.4. The van der Waals surface area contributed by atoms with E-state index in [2.05, 4.69) is 202 Å². The van der Waals surface area contributed by atoms with E-state index < -0.39 is 0 Å². The van der Waals surface area contributed by atoms with Crippen LogP contribution in [0.15, 0.2) is 146 Å². The van der Waals surface area contributed by atoms with Crippen LogP contribution < -0.4 is 0 Å². The van der Waals surface area contributed by atoms with E-state index in [0.29, 0.717) is 46.1 Å². The van der Waals surface area contributed by atoms with E-state index in [4.69, 9.17) is 29.9 Å². The van der Waals surface area contributed by atoms with E-state index in [0.717, 1.165) is 55.3 Å². The average Bonchev–Trinajstić information content (AvgIpc) is 3.83. The molecular formula is C73H78N8. The van der Waals surface area contributed by atoms with E-state index in [9.17, 15) is 5.26 Å². The summed E-state index contributed by atoms with van der Waals surface area (Å²) in [5.74, 6) is 3.47. The summed E-state index contributed by atoms with van der Waals surface area (Å²) in [7, 11) is 0. The number of para-hydroxylation sites is 1. The van der Waals surface area contributed by atoms with Gasteiger partial charge in [-0.3, -0.25) is 0 Å². The lowest BCUT2D eigenvalue weighted by Crippen LogP contribution is -2.24. The highest BCUT2D eigenvalue weighted by Gasteiger charge is 2.35. The molecule has 0 aliphatic heterocycles. The molecule has 0 saturated carbocycles. The normalized spacial score (nSPS) is 12.8. The number of rotatable bonds is 7. The molecule has 0 bridgehead atoms. The van der Waals surface area contributed by atoms with Gasteiger partial charge in [-0.1, -0.05) is 228 Å². The molecule has 0 aliphatic rings. The third-order valence-corrected chi connectivity index (χ3v) is 15.6. The molecule has 0 atom stereocenters. The van der Waals surface area contributed by atoms with Crippen molar-refractivity contribution in [3.63, 3.8) is 0 Å². The van der Waals surface area contributed by atoms with Gasteiger partial charge in [-0.15, -0.1) is 0 Å². The van der Waals surface area contributed by atoms with Gasteiger partial charge in [0.15, 0.2) is 34.9 Å². The predicted octanol–water partition coefficient (Wildman–Crippen LogP) is 18.8. The smallest absolute Gasteiger partial charge is 0.166 e. The van der Waals surface area contributed by atoms with Gasteiger partial charge >= 0.3 is 0 Å². The van der Waals surface area contributed by atoms with Crippen molar-refractivity contribution in [1.29, 1.82) is 5.26 Å². The van der Waals surface area contributed by atoms with Crippen molar-refractivity contribution in [2.45, 2.75) is 157 Å². The minimum absolute atomic E-state index is 0.0966. The zero-order valence-corrected chi connectivity index (χ0v) is 50.9. The number of fused-ring (bicyclic) bond motifs is 3. The summed E-state index contributed by atoms with van der Waals surface area (Å²) in [6.07, 6.45) is 0. The first-order valence-electron chi connectivity index (χ1n) is 28.5. The molecule has 410 valence electrons. The van der Waals surface area contributed by atoms with Crippen LogP contribution in [0.1, 0.15) is 164 Å². The summed E-state index contributed by atoms with van der Waals surface area (Å²) in [6.45, 7) is 41.5. The zero-order valence-electron chi connectivity index (χ0n) is 50.9. The van der Waals surface area contributed by atoms with Gasteiger partial charge in [0.1, 0.15) is 0 Å². The van der Waals surface area contributed by atoms with Crippen LogP contribution in [0.5, 0.6) is 0 Å². The van der Waals surface area contributed by atoms with E-state index in [-0.39, 0.29) is 32.5 Å². The van der Waals surface area contributed by atoms with Crippen molar-refractivity contribution in [2.75, 3.05) is 0 Å². The lowest BCUT2D eigenvalue weighted by Gasteiger charge is -2.34. The Morgan fingerprint density at radius 2 is 0.716 bits per heavy atom. The molecule has 8 nitrogen and oxygen atoms in total. The van der Waals surface area contributed by atoms with Crippen LogP contribution in [0, 0.1) is 11.3 Å². The summed E-state index contributed by atoms with van der Waals surface area (Å²) in [5.41, 5.74) is 14.9. The van der Waals surface area contributed by atoms with Crippen LogP contribution >= 0.6 is 0 Å². The van der Waals surface area contributed by atoms with Gasteiger partial charge in [-0.25, -0.2) is 29.9 Å². The Hall–Kier alpha value is -8.15. The first kappa shape index (κ1) is 56.1. The largest absolute Gasteiger partial charge is 0.308 e. The molecule has 0 radical (unpaired) electrons. The van der Waals surface area contributed by atoms with E-state index in [1.165, 1.54) is 33.4 Å². The predicted molar refractivity (Wildman–Crippen MR) is 337 cm³/mol. The lowest BCUT2D eigenvalue weighted by molar-refractivity contribution is 0.549. The second-order valence-corrected chi connectivity index (χ2v) is 28.2. The lowest BCUT2D eigenvalue weighted by atomic mass is 9.71. The van der Waals surface area contributed by atoms with Crippen LogP contribution in [-0.4, -0.2) is 34.5 Å². The Balaban J connectivity index is 1.29. The van der Waals surface area contributed by atoms with Crippen molar-refractivity contribution < 1.29 is 0 Å². The molecule has 3 heterocycles. The number of hydrogen-bond donors (Lipinski definition) is 0. The topological polar surface area (TPSA) is 106 Å². The van der Waals surface area contributed by atoms with Crippen molar-refractivity contribution in [3.05, 3.63) is 185 Å². The highest BCUT2D eigenvalue weighted by Crippen LogP contribution is 2.47. The number of nitrogens with zero attached hydrogens (tertiary/aromatic N) is 8. The molecule has 10 rings (SSSR count). The monoisotopic (exact) mass is 1070 g/mol. The molecule has 0 amide bonds. The number of aromatic nitrogens is 7. The highest BCUT2D eigenvalue weighted by atomic mass is 15.1. The Morgan fingerprint density at radius 3 is 1.15 bits per heavy atom. The van der Waals surface area contributed by atoms with Crippen LogP contribution in [0.2, 0.25) is 0 Å². The first-order chi connectivity index (χ1) is 37.9. The van der Waals surface area contributed by atoms with Crippen molar-refractivity contribution >= 4 is 21.8 Å². The Labute approximate surface area is 480 Å². The second-order valence-electron chi connectivity index (χ2n) is 28.2. The van der Waals surface area contributed by atoms with Gasteiger partial charge in [0.05, 0.1) is 28.4 Å².